The lowest BCUT2D eigenvalue weighted by atomic mass is 10.3. The molecule has 6 heteroatoms. The van der Waals surface area contributed by atoms with Crippen molar-refractivity contribution in [3.8, 4) is 0 Å². The first-order valence-corrected chi connectivity index (χ1v) is 3.52. The lowest BCUT2D eigenvalue weighted by Gasteiger charge is -1.97. The van der Waals surface area contributed by atoms with Gasteiger partial charge in [-0.15, -0.1) is 5.10 Å². The van der Waals surface area contributed by atoms with Gasteiger partial charge in [-0.1, -0.05) is 6.92 Å². The van der Waals surface area contributed by atoms with E-state index in [9.17, 15) is 13.2 Å². The van der Waals surface area contributed by atoms with Crippen LogP contribution in [0.1, 0.15) is 25.0 Å². The zero-order valence-corrected chi connectivity index (χ0v) is 6.44. The molecule has 0 fully saturated rings. The van der Waals surface area contributed by atoms with Gasteiger partial charge in [-0.2, -0.15) is 13.2 Å². The van der Waals surface area contributed by atoms with Crippen molar-refractivity contribution in [3.05, 3.63) is 11.6 Å². The molecule has 0 spiro atoms. The van der Waals surface area contributed by atoms with Crippen LogP contribution < -0.4 is 0 Å². The van der Waals surface area contributed by atoms with Crippen molar-refractivity contribution >= 4 is 0 Å². The van der Waals surface area contributed by atoms with E-state index in [-0.39, 0.29) is 5.82 Å². The number of rotatable bonds is 2. The summed E-state index contributed by atoms with van der Waals surface area (Å²) in [5.41, 5.74) is 0. The quantitative estimate of drug-likeness (QED) is 0.751. The average molecular weight is 179 g/mol. The van der Waals surface area contributed by atoms with Crippen LogP contribution in [0.4, 0.5) is 13.2 Å². The van der Waals surface area contributed by atoms with Gasteiger partial charge in [-0.25, -0.2) is 4.98 Å². The molecule has 1 heterocycles. The number of aromatic nitrogens is 3. The van der Waals surface area contributed by atoms with Gasteiger partial charge in [0.2, 0.25) is 0 Å². The number of nitrogens with zero attached hydrogens (tertiary/aromatic N) is 2. The minimum Gasteiger partial charge on any atom is -0.263 e. The Hall–Kier alpha value is -1.07. The van der Waals surface area contributed by atoms with Crippen molar-refractivity contribution in [3.63, 3.8) is 0 Å². The van der Waals surface area contributed by atoms with Crippen molar-refractivity contribution in [2.24, 2.45) is 0 Å². The topological polar surface area (TPSA) is 41.6 Å². The molecule has 1 aromatic heterocycles. The molecule has 1 N–H and O–H groups in total. The molecule has 0 aromatic carbocycles. The smallest absolute Gasteiger partial charge is 0.263 e. The summed E-state index contributed by atoms with van der Waals surface area (Å²) in [6, 6.07) is 0. The standard InChI is InChI=1S/C6H8F3N3/c1-2-3-4-10-5(12-11-4)6(7,8)9/h2-3H2,1H3,(H,10,11,12). The Morgan fingerprint density at radius 3 is 2.50 bits per heavy atom. The van der Waals surface area contributed by atoms with Crippen LogP contribution in [0.15, 0.2) is 0 Å². The summed E-state index contributed by atoms with van der Waals surface area (Å²) in [6.07, 6.45) is -3.21. The first-order chi connectivity index (χ1) is 5.54. The summed E-state index contributed by atoms with van der Waals surface area (Å²) in [6.45, 7) is 1.86. The van der Waals surface area contributed by atoms with Crippen LogP contribution in [-0.4, -0.2) is 15.2 Å². The fourth-order valence-electron chi connectivity index (χ4n) is 0.771. The third-order valence-electron chi connectivity index (χ3n) is 1.27. The Labute approximate surface area is 67.0 Å². The molecule has 68 valence electrons. The van der Waals surface area contributed by atoms with Gasteiger partial charge >= 0.3 is 6.18 Å². The summed E-state index contributed by atoms with van der Waals surface area (Å²) in [5, 5.41) is 5.28. The lowest BCUT2D eigenvalue weighted by molar-refractivity contribution is -0.144. The number of hydrogen-bond donors (Lipinski definition) is 1. The molecular weight excluding hydrogens is 171 g/mol. The summed E-state index contributed by atoms with van der Waals surface area (Å²) in [7, 11) is 0. The second-order valence-corrected chi connectivity index (χ2v) is 2.35. The largest absolute Gasteiger partial charge is 0.453 e. The number of aromatic amines is 1. The maximum Gasteiger partial charge on any atom is 0.453 e. The molecule has 0 radical (unpaired) electrons. The van der Waals surface area contributed by atoms with E-state index in [0.29, 0.717) is 6.42 Å². The molecule has 0 aliphatic carbocycles. The van der Waals surface area contributed by atoms with Crippen LogP contribution in [0.3, 0.4) is 0 Å². The highest BCUT2D eigenvalue weighted by Crippen LogP contribution is 2.25. The number of halogens is 3. The van der Waals surface area contributed by atoms with Gasteiger partial charge in [0.1, 0.15) is 5.82 Å². The van der Waals surface area contributed by atoms with E-state index in [2.05, 4.69) is 15.2 Å². The average Bonchev–Trinajstić information content (AvgIpc) is 2.35. The number of aryl methyl sites for hydroxylation is 1. The van der Waals surface area contributed by atoms with E-state index in [1.54, 1.807) is 0 Å². The molecule has 0 bridgehead atoms. The molecule has 0 aliphatic rings. The second kappa shape index (κ2) is 3.12. The van der Waals surface area contributed by atoms with E-state index in [0.717, 1.165) is 6.42 Å². The van der Waals surface area contributed by atoms with Gasteiger partial charge < -0.3 is 0 Å². The van der Waals surface area contributed by atoms with Crippen molar-refractivity contribution in [2.75, 3.05) is 0 Å². The molecule has 0 unspecified atom stereocenters. The van der Waals surface area contributed by atoms with E-state index in [4.69, 9.17) is 0 Å². The van der Waals surface area contributed by atoms with Crippen LogP contribution in [0.2, 0.25) is 0 Å². The summed E-state index contributed by atoms with van der Waals surface area (Å²) >= 11 is 0. The van der Waals surface area contributed by atoms with Crippen LogP contribution >= 0.6 is 0 Å². The van der Waals surface area contributed by atoms with Gasteiger partial charge in [0, 0.05) is 6.42 Å². The first kappa shape index (κ1) is 9.02. The molecule has 0 atom stereocenters. The van der Waals surface area contributed by atoms with Crippen LogP contribution in [-0.2, 0) is 12.6 Å². The predicted octanol–water partition coefficient (Wildman–Crippen LogP) is 1.78. The lowest BCUT2D eigenvalue weighted by Crippen LogP contribution is -2.07. The minimum atomic E-state index is -4.44. The number of alkyl halides is 3. The van der Waals surface area contributed by atoms with Crippen LogP contribution in [0, 0.1) is 0 Å². The van der Waals surface area contributed by atoms with Crippen molar-refractivity contribution in [2.45, 2.75) is 25.9 Å². The van der Waals surface area contributed by atoms with E-state index in [1.165, 1.54) is 0 Å². The molecule has 3 nitrogen and oxygen atoms in total. The summed E-state index contributed by atoms with van der Waals surface area (Å²) < 4.78 is 35.7. The molecule has 0 saturated carbocycles. The molecule has 1 aromatic rings. The third-order valence-corrected chi connectivity index (χ3v) is 1.27. The summed E-state index contributed by atoms with van der Waals surface area (Å²) in [5.74, 6) is -0.809. The van der Waals surface area contributed by atoms with Crippen LogP contribution in [0.5, 0.6) is 0 Å². The van der Waals surface area contributed by atoms with Crippen LogP contribution in [0.25, 0.3) is 0 Å². The molecular formula is C6H8F3N3. The van der Waals surface area contributed by atoms with E-state index >= 15 is 0 Å². The van der Waals surface area contributed by atoms with Crippen molar-refractivity contribution < 1.29 is 13.2 Å². The highest BCUT2D eigenvalue weighted by Gasteiger charge is 2.35. The molecule has 0 saturated heterocycles. The Morgan fingerprint density at radius 1 is 1.42 bits per heavy atom. The van der Waals surface area contributed by atoms with E-state index in [1.807, 2.05) is 6.92 Å². The van der Waals surface area contributed by atoms with Gasteiger partial charge in [0.05, 0.1) is 0 Å². The first-order valence-electron chi connectivity index (χ1n) is 3.52. The maximum atomic E-state index is 11.9. The van der Waals surface area contributed by atoms with Crippen molar-refractivity contribution in [1.29, 1.82) is 0 Å². The number of H-pyrrole nitrogens is 1. The molecule has 1 rings (SSSR count). The SMILES string of the molecule is CCCc1nc(C(F)(F)F)n[nH]1. The Kier molecular flexibility index (Phi) is 2.35. The maximum absolute atomic E-state index is 11.9. The third kappa shape index (κ3) is 1.96. The van der Waals surface area contributed by atoms with Gasteiger partial charge in [-0.05, 0) is 6.42 Å². The number of nitrogens with one attached hydrogen (secondary N) is 1. The normalized spacial score (nSPS) is 12.0. The Bertz CT molecular complexity index is 253. The highest BCUT2D eigenvalue weighted by atomic mass is 19.4. The predicted molar refractivity (Wildman–Crippen MR) is 35.4 cm³/mol. The monoisotopic (exact) mass is 179 g/mol. The Morgan fingerprint density at radius 2 is 2.08 bits per heavy atom. The minimum absolute atomic E-state index is 0.282. The molecule has 0 aliphatic heterocycles. The van der Waals surface area contributed by atoms with Gasteiger partial charge in [0.15, 0.2) is 0 Å². The summed E-state index contributed by atoms with van der Waals surface area (Å²) in [4.78, 5) is 3.28. The molecule has 12 heavy (non-hydrogen) atoms. The van der Waals surface area contributed by atoms with Crippen molar-refractivity contribution in [1.82, 2.24) is 15.2 Å². The van der Waals surface area contributed by atoms with Gasteiger partial charge in [-0.3, -0.25) is 5.10 Å². The highest BCUT2D eigenvalue weighted by molar-refractivity contribution is 4.93. The second-order valence-electron chi connectivity index (χ2n) is 2.35. The fraction of sp³-hybridized carbons (Fsp3) is 0.667. The van der Waals surface area contributed by atoms with E-state index < -0.39 is 12.0 Å². The Balaban J connectivity index is 2.77. The zero-order valence-electron chi connectivity index (χ0n) is 6.44. The van der Waals surface area contributed by atoms with Gasteiger partial charge in [0.25, 0.3) is 5.82 Å². The fourth-order valence-corrected chi connectivity index (χ4v) is 0.771. The molecule has 0 amide bonds. The zero-order chi connectivity index (χ0) is 9.19. The number of hydrogen-bond acceptors (Lipinski definition) is 2.